The van der Waals surface area contributed by atoms with Gasteiger partial charge < -0.3 is 9.84 Å². The standard InChI is InChI=1S/C16H15FO3/c17-14-7-3-6-12-13(14)8-10(16(18)19)9-15(12)20-11-4-1-2-5-11/h3,6-9,11H,1-2,4-5H2,(H,18,19). The van der Waals surface area contributed by atoms with Gasteiger partial charge in [-0.05, 0) is 43.9 Å². The average Bonchev–Trinajstić information content (AvgIpc) is 2.92. The molecule has 0 aliphatic heterocycles. The fraction of sp³-hybridized carbons (Fsp3) is 0.312. The maximum atomic E-state index is 13.9. The van der Waals surface area contributed by atoms with E-state index >= 15 is 0 Å². The lowest BCUT2D eigenvalue weighted by atomic mass is 10.1. The molecule has 0 saturated heterocycles. The van der Waals surface area contributed by atoms with Crippen LogP contribution in [0.25, 0.3) is 10.8 Å². The molecule has 2 aromatic rings. The van der Waals surface area contributed by atoms with Crippen molar-refractivity contribution >= 4 is 16.7 Å². The minimum Gasteiger partial charge on any atom is -0.490 e. The third-order valence-electron chi connectivity index (χ3n) is 3.75. The largest absolute Gasteiger partial charge is 0.490 e. The van der Waals surface area contributed by atoms with Gasteiger partial charge in [-0.1, -0.05) is 12.1 Å². The van der Waals surface area contributed by atoms with E-state index in [-0.39, 0.29) is 11.7 Å². The zero-order valence-corrected chi connectivity index (χ0v) is 10.9. The Morgan fingerprint density at radius 3 is 2.65 bits per heavy atom. The molecular formula is C16H15FO3. The number of rotatable bonds is 3. The van der Waals surface area contributed by atoms with Crippen molar-refractivity contribution in [1.29, 1.82) is 0 Å². The summed E-state index contributed by atoms with van der Waals surface area (Å²) in [5.41, 5.74) is 0.0515. The van der Waals surface area contributed by atoms with Crippen molar-refractivity contribution in [3.05, 3.63) is 41.7 Å². The third-order valence-corrected chi connectivity index (χ3v) is 3.75. The normalized spacial score (nSPS) is 15.7. The Balaban J connectivity index is 2.12. The smallest absolute Gasteiger partial charge is 0.335 e. The molecule has 1 saturated carbocycles. The lowest BCUT2D eigenvalue weighted by molar-refractivity contribution is 0.0696. The zero-order chi connectivity index (χ0) is 14.1. The van der Waals surface area contributed by atoms with Gasteiger partial charge in [-0.15, -0.1) is 0 Å². The van der Waals surface area contributed by atoms with E-state index in [9.17, 15) is 9.18 Å². The van der Waals surface area contributed by atoms with Gasteiger partial charge in [-0.3, -0.25) is 0 Å². The summed E-state index contributed by atoms with van der Waals surface area (Å²) in [5, 5.41) is 10.1. The van der Waals surface area contributed by atoms with Crippen LogP contribution in [0.5, 0.6) is 5.75 Å². The van der Waals surface area contributed by atoms with Gasteiger partial charge in [-0.2, -0.15) is 0 Å². The number of halogens is 1. The van der Waals surface area contributed by atoms with Crippen molar-refractivity contribution in [2.75, 3.05) is 0 Å². The van der Waals surface area contributed by atoms with Gasteiger partial charge in [-0.25, -0.2) is 9.18 Å². The van der Waals surface area contributed by atoms with Crippen molar-refractivity contribution in [2.45, 2.75) is 31.8 Å². The van der Waals surface area contributed by atoms with Gasteiger partial charge in [0, 0.05) is 10.8 Å². The lowest BCUT2D eigenvalue weighted by Gasteiger charge is -2.16. The average molecular weight is 274 g/mol. The molecule has 0 heterocycles. The summed E-state index contributed by atoms with van der Waals surface area (Å²) in [6.45, 7) is 0. The van der Waals surface area contributed by atoms with Gasteiger partial charge >= 0.3 is 5.97 Å². The number of benzene rings is 2. The number of aromatic carboxylic acids is 1. The van der Waals surface area contributed by atoms with Crippen LogP contribution in [-0.2, 0) is 0 Å². The van der Waals surface area contributed by atoms with Crippen molar-refractivity contribution in [1.82, 2.24) is 0 Å². The van der Waals surface area contributed by atoms with E-state index in [1.54, 1.807) is 12.1 Å². The van der Waals surface area contributed by atoms with E-state index in [0.29, 0.717) is 16.5 Å². The number of fused-ring (bicyclic) bond motifs is 1. The molecule has 1 aliphatic carbocycles. The highest BCUT2D eigenvalue weighted by atomic mass is 19.1. The summed E-state index contributed by atoms with van der Waals surface area (Å²) < 4.78 is 19.8. The number of ether oxygens (including phenoxy) is 1. The SMILES string of the molecule is O=C(O)c1cc(OC2CCCC2)c2cccc(F)c2c1. The molecule has 3 nitrogen and oxygen atoms in total. The second-order valence-electron chi connectivity index (χ2n) is 5.14. The van der Waals surface area contributed by atoms with Crippen LogP contribution in [0.1, 0.15) is 36.0 Å². The minimum atomic E-state index is -1.08. The first-order valence-electron chi connectivity index (χ1n) is 6.77. The van der Waals surface area contributed by atoms with Crippen LogP contribution in [-0.4, -0.2) is 17.2 Å². The maximum absolute atomic E-state index is 13.9. The third kappa shape index (κ3) is 2.33. The van der Waals surface area contributed by atoms with Gasteiger partial charge in [0.2, 0.25) is 0 Å². The van der Waals surface area contributed by atoms with Crippen LogP contribution in [0.2, 0.25) is 0 Å². The molecule has 1 fully saturated rings. The summed E-state index contributed by atoms with van der Waals surface area (Å²) in [4.78, 5) is 11.2. The van der Waals surface area contributed by atoms with Crippen molar-refractivity contribution < 1.29 is 19.0 Å². The van der Waals surface area contributed by atoms with Crippen molar-refractivity contribution in [3.63, 3.8) is 0 Å². The highest BCUT2D eigenvalue weighted by Crippen LogP contribution is 2.32. The fourth-order valence-electron chi connectivity index (χ4n) is 2.72. The molecule has 0 aromatic heterocycles. The van der Waals surface area contributed by atoms with Crippen molar-refractivity contribution in [3.8, 4) is 5.75 Å². The summed E-state index contributed by atoms with van der Waals surface area (Å²) in [6, 6.07) is 7.54. The Morgan fingerprint density at radius 2 is 1.95 bits per heavy atom. The zero-order valence-electron chi connectivity index (χ0n) is 10.9. The molecule has 20 heavy (non-hydrogen) atoms. The molecule has 0 bridgehead atoms. The molecule has 1 aliphatic rings. The predicted molar refractivity (Wildman–Crippen MR) is 73.7 cm³/mol. The number of carboxylic acids is 1. The van der Waals surface area contributed by atoms with Crippen LogP contribution in [0, 0.1) is 5.82 Å². The van der Waals surface area contributed by atoms with E-state index in [4.69, 9.17) is 9.84 Å². The Kier molecular flexibility index (Phi) is 3.30. The minimum absolute atomic E-state index is 0.0515. The predicted octanol–water partition coefficient (Wildman–Crippen LogP) is 4.00. The molecule has 3 rings (SSSR count). The molecule has 0 amide bonds. The van der Waals surface area contributed by atoms with E-state index in [1.165, 1.54) is 18.2 Å². The molecule has 0 atom stereocenters. The summed E-state index contributed by atoms with van der Waals surface area (Å²) in [6.07, 6.45) is 4.28. The molecule has 0 radical (unpaired) electrons. The second kappa shape index (κ2) is 5.12. The van der Waals surface area contributed by atoms with Crippen molar-refractivity contribution in [2.24, 2.45) is 0 Å². The lowest BCUT2D eigenvalue weighted by Crippen LogP contribution is -2.12. The summed E-state index contributed by atoms with van der Waals surface area (Å²) >= 11 is 0. The number of hydrogen-bond donors (Lipinski definition) is 1. The van der Waals surface area contributed by atoms with E-state index < -0.39 is 11.8 Å². The fourth-order valence-corrected chi connectivity index (χ4v) is 2.72. The first-order valence-corrected chi connectivity index (χ1v) is 6.77. The van der Waals surface area contributed by atoms with Crippen LogP contribution in [0.3, 0.4) is 0 Å². The van der Waals surface area contributed by atoms with Crippen LogP contribution in [0.15, 0.2) is 30.3 Å². The Bertz CT molecular complexity index is 660. The Morgan fingerprint density at radius 1 is 1.20 bits per heavy atom. The first-order chi connectivity index (χ1) is 9.65. The monoisotopic (exact) mass is 274 g/mol. The van der Waals surface area contributed by atoms with Gasteiger partial charge in [0.25, 0.3) is 0 Å². The second-order valence-corrected chi connectivity index (χ2v) is 5.14. The van der Waals surface area contributed by atoms with Crippen LogP contribution in [0.4, 0.5) is 4.39 Å². The van der Waals surface area contributed by atoms with E-state index in [0.717, 1.165) is 25.7 Å². The highest BCUT2D eigenvalue weighted by Gasteiger charge is 2.19. The van der Waals surface area contributed by atoms with E-state index in [1.807, 2.05) is 0 Å². The first kappa shape index (κ1) is 12.9. The maximum Gasteiger partial charge on any atom is 0.335 e. The topological polar surface area (TPSA) is 46.5 Å². The molecule has 104 valence electrons. The van der Waals surface area contributed by atoms with E-state index in [2.05, 4.69) is 0 Å². The molecule has 0 spiro atoms. The molecule has 4 heteroatoms. The van der Waals surface area contributed by atoms with Gasteiger partial charge in [0.1, 0.15) is 11.6 Å². The number of carboxylic acid groups (broad SMARTS) is 1. The quantitative estimate of drug-likeness (QED) is 0.920. The summed E-state index contributed by atoms with van der Waals surface area (Å²) in [7, 11) is 0. The van der Waals surface area contributed by atoms with Gasteiger partial charge in [0.15, 0.2) is 0 Å². The Hall–Kier alpha value is -2.10. The summed E-state index contributed by atoms with van der Waals surface area (Å²) in [5.74, 6) is -1.04. The van der Waals surface area contributed by atoms with Crippen LogP contribution >= 0.6 is 0 Å². The number of carbonyl (C=O) groups is 1. The molecule has 2 aromatic carbocycles. The van der Waals surface area contributed by atoms with Gasteiger partial charge in [0.05, 0.1) is 11.7 Å². The molecular weight excluding hydrogens is 259 g/mol. The number of hydrogen-bond acceptors (Lipinski definition) is 2. The molecule has 1 N–H and O–H groups in total. The van der Waals surface area contributed by atoms with Crippen LogP contribution < -0.4 is 4.74 Å². The molecule has 0 unspecified atom stereocenters. The Labute approximate surface area is 116 Å². The highest BCUT2D eigenvalue weighted by molar-refractivity contribution is 5.97.